The molecule has 2 atom stereocenters. The first kappa shape index (κ1) is 16.5. The molecule has 1 saturated carbocycles. The minimum atomic E-state index is -0.0999. The zero-order chi connectivity index (χ0) is 15.8. The molecule has 0 bridgehead atoms. The fourth-order valence-electron chi connectivity index (χ4n) is 2.76. The highest BCUT2D eigenvalue weighted by atomic mass is 16.5. The number of urea groups is 1. The molecule has 1 aromatic carbocycles. The molecule has 1 aromatic rings. The second-order valence-electron chi connectivity index (χ2n) is 5.79. The summed E-state index contributed by atoms with van der Waals surface area (Å²) in [5.74, 6) is 2.13. The van der Waals surface area contributed by atoms with Crippen molar-refractivity contribution in [1.29, 1.82) is 0 Å². The Labute approximate surface area is 132 Å². The van der Waals surface area contributed by atoms with Crippen molar-refractivity contribution >= 4 is 6.03 Å². The molecule has 2 rings (SSSR count). The molecule has 1 fully saturated rings. The van der Waals surface area contributed by atoms with Gasteiger partial charge in [-0.25, -0.2) is 4.79 Å². The minimum absolute atomic E-state index is 0.0999. The number of carbonyl (C=O) groups excluding carboxylic acids is 1. The van der Waals surface area contributed by atoms with Gasteiger partial charge in [-0.3, -0.25) is 0 Å². The van der Waals surface area contributed by atoms with Crippen LogP contribution in [0.15, 0.2) is 24.3 Å². The maximum atomic E-state index is 11.9. The van der Waals surface area contributed by atoms with Crippen LogP contribution in [0.5, 0.6) is 11.5 Å². The van der Waals surface area contributed by atoms with Gasteiger partial charge >= 0.3 is 6.03 Å². The number of benzene rings is 1. The van der Waals surface area contributed by atoms with Gasteiger partial charge in [0, 0.05) is 6.04 Å². The van der Waals surface area contributed by atoms with E-state index in [-0.39, 0.29) is 6.03 Å². The number of nitrogens with one attached hydrogen (secondary N) is 2. The van der Waals surface area contributed by atoms with Crippen molar-refractivity contribution in [2.24, 2.45) is 5.92 Å². The Kier molecular flexibility index (Phi) is 6.37. The molecular formula is C17H26N2O3. The van der Waals surface area contributed by atoms with Crippen molar-refractivity contribution in [2.45, 2.75) is 38.6 Å². The predicted octanol–water partition coefficient (Wildman–Crippen LogP) is 2.95. The summed E-state index contributed by atoms with van der Waals surface area (Å²) in [6.45, 7) is 3.13. The number of amides is 2. The number of hydrogen-bond donors (Lipinski definition) is 2. The van der Waals surface area contributed by atoms with Gasteiger partial charge in [-0.15, -0.1) is 0 Å². The molecule has 1 aliphatic rings. The summed E-state index contributed by atoms with van der Waals surface area (Å²) in [7, 11) is 1.63. The van der Waals surface area contributed by atoms with E-state index in [0.717, 1.165) is 17.9 Å². The Balaban J connectivity index is 1.62. The molecule has 0 spiro atoms. The van der Waals surface area contributed by atoms with E-state index in [4.69, 9.17) is 9.47 Å². The highest BCUT2D eigenvalue weighted by Crippen LogP contribution is 2.23. The van der Waals surface area contributed by atoms with Crippen LogP contribution in [0.3, 0.4) is 0 Å². The fraction of sp³-hybridized carbons (Fsp3) is 0.588. The van der Waals surface area contributed by atoms with E-state index in [1.807, 2.05) is 24.3 Å². The Morgan fingerprint density at radius 1 is 1.18 bits per heavy atom. The normalized spacial score (nSPS) is 21.0. The first-order valence-corrected chi connectivity index (χ1v) is 8.00. The Morgan fingerprint density at radius 2 is 1.86 bits per heavy atom. The van der Waals surface area contributed by atoms with Crippen LogP contribution in [-0.4, -0.2) is 32.3 Å². The smallest absolute Gasteiger partial charge is 0.315 e. The lowest BCUT2D eigenvalue weighted by Gasteiger charge is -2.29. The topological polar surface area (TPSA) is 59.6 Å². The number of ether oxygens (including phenoxy) is 2. The molecule has 0 aromatic heterocycles. The number of methoxy groups -OCH3 is 1. The standard InChI is InChI=1S/C17H26N2O3/c1-13-5-3-4-6-16(13)19-17(20)18-11-12-22-15-9-7-14(21-2)8-10-15/h7-10,13,16H,3-6,11-12H2,1-2H3,(H2,18,19,20). The van der Waals surface area contributed by atoms with Gasteiger partial charge < -0.3 is 20.1 Å². The lowest BCUT2D eigenvalue weighted by atomic mass is 9.86. The van der Waals surface area contributed by atoms with Crippen molar-refractivity contribution in [3.63, 3.8) is 0 Å². The third-order valence-electron chi connectivity index (χ3n) is 4.14. The quantitative estimate of drug-likeness (QED) is 0.794. The van der Waals surface area contributed by atoms with E-state index < -0.39 is 0 Å². The first-order chi connectivity index (χ1) is 10.7. The average molecular weight is 306 g/mol. The maximum Gasteiger partial charge on any atom is 0.315 e. The molecule has 2 unspecified atom stereocenters. The van der Waals surface area contributed by atoms with E-state index in [1.54, 1.807) is 7.11 Å². The number of hydrogen-bond acceptors (Lipinski definition) is 3. The predicted molar refractivity (Wildman–Crippen MR) is 86.4 cm³/mol. The van der Waals surface area contributed by atoms with Crippen LogP contribution in [0.4, 0.5) is 4.79 Å². The molecular weight excluding hydrogens is 280 g/mol. The SMILES string of the molecule is COc1ccc(OCCNC(=O)NC2CCCCC2C)cc1. The Morgan fingerprint density at radius 3 is 2.55 bits per heavy atom. The van der Waals surface area contributed by atoms with E-state index in [1.165, 1.54) is 19.3 Å². The van der Waals surface area contributed by atoms with Crippen LogP contribution in [0.25, 0.3) is 0 Å². The second kappa shape index (κ2) is 8.51. The lowest BCUT2D eigenvalue weighted by Crippen LogP contribution is -2.46. The number of carbonyl (C=O) groups is 1. The summed E-state index contributed by atoms with van der Waals surface area (Å²) < 4.78 is 10.7. The third-order valence-corrected chi connectivity index (χ3v) is 4.14. The van der Waals surface area contributed by atoms with Crippen LogP contribution in [-0.2, 0) is 0 Å². The van der Waals surface area contributed by atoms with Gasteiger partial charge in [0.25, 0.3) is 0 Å². The van der Waals surface area contributed by atoms with Crippen LogP contribution < -0.4 is 20.1 Å². The Bertz CT molecular complexity index is 461. The highest BCUT2D eigenvalue weighted by Gasteiger charge is 2.22. The molecule has 5 nitrogen and oxygen atoms in total. The molecule has 0 aliphatic heterocycles. The van der Waals surface area contributed by atoms with Gasteiger partial charge in [-0.1, -0.05) is 19.8 Å². The fourth-order valence-corrected chi connectivity index (χ4v) is 2.76. The molecule has 0 heterocycles. The van der Waals surface area contributed by atoms with Crippen LogP contribution in [0.1, 0.15) is 32.6 Å². The molecule has 1 aliphatic carbocycles. The molecule has 0 saturated heterocycles. The van der Waals surface area contributed by atoms with Crippen molar-refractivity contribution < 1.29 is 14.3 Å². The van der Waals surface area contributed by atoms with E-state index >= 15 is 0 Å². The molecule has 122 valence electrons. The summed E-state index contributed by atoms with van der Waals surface area (Å²) >= 11 is 0. The Hall–Kier alpha value is -1.91. The zero-order valence-corrected chi connectivity index (χ0v) is 13.4. The lowest BCUT2D eigenvalue weighted by molar-refractivity contribution is 0.218. The second-order valence-corrected chi connectivity index (χ2v) is 5.79. The van der Waals surface area contributed by atoms with E-state index in [9.17, 15) is 4.79 Å². The van der Waals surface area contributed by atoms with Crippen molar-refractivity contribution in [2.75, 3.05) is 20.3 Å². The van der Waals surface area contributed by atoms with Gasteiger partial charge in [0.05, 0.1) is 13.7 Å². The van der Waals surface area contributed by atoms with Crippen LogP contribution in [0.2, 0.25) is 0 Å². The minimum Gasteiger partial charge on any atom is -0.497 e. The van der Waals surface area contributed by atoms with Crippen LogP contribution in [0, 0.1) is 5.92 Å². The van der Waals surface area contributed by atoms with Gasteiger partial charge in [-0.05, 0) is 43.0 Å². The number of rotatable bonds is 6. The van der Waals surface area contributed by atoms with Gasteiger partial charge in [0.1, 0.15) is 18.1 Å². The molecule has 0 radical (unpaired) electrons. The summed E-state index contributed by atoms with van der Waals surface area (Å²) in [5, 5.41) is 5.90. The van der Waals surface area contributed by atoms with Gasteiger partial charge in [0.15, 0.2) is 0 Å². The monoisotopic (exact) mass is 306 g/mol. The van der Waals surface area contributed by atoms with Crippen molar-refractivity contribution in [3.8, 4) is 11.5 Å². The van der Waals surface area contributed by atoms with Crippen molar-refractivity contribution in [1.82, 2.24) is 10.6 Å². The molecule has 2 N–H and O–H groups in total. The summed E-state index contributed by atoms with van der Waals surface area (Å²) in [6, 6.07) is 7.60. The van der Waals surface area contributed by atoms with Gasteiger partial charge in [0.2, 0.25) is 0 Å². The third kappa shape index (κ3) is 5.13. The van der Waals surface area contributed by atoms with Gasteiger partial charge in [-0.2, -0.15) is 0 Å². The van der Waals surface area contributed by atoms with Crippen molar-refractivity contribution in [3.05, 3.63) is 24.3 Å². The summed E-state index contributed by atoms with van der Waals surface area (Å²) in [5.41, 5.74) is 0. The maximum absolute atomic E-state index is 11.9. The zero-order valence-electron chi connectivity index (χ0n) is 13.4. The first-order valence-electron chi connectivity index (χ1n) is 8.00. The van der Waals surface area contributed by atoms with E-state index in [0.29, 0.717) is 25.1 Å². The molecule has 22 heavy (non-hydrogen) atoms. The molecule has 5 heteroatoms. The van der Waals surface area contributed by atoms with E-state index in [2.05, 4.69) is 17.6 Å². The summed E-state index contributed by atoms with van der Waals surface area (Å²) in [6.07, 6.45) is 4.76. The van der Waals surface area contributed by atoms with Crippen LogP contribution >= 0.6 is 0 Å². The largest absolute Gasteiger partial charge is 0.497 e. The average Bonchev–Trinajstić information content (AvgIpc) is 2.54. The highest BCUT2D eigenvalue weighted by molar-refractivity contribution is 5.74. The summed E-state index contributed by atoms with van der Waals surface area (Å²) in [4.78, 5) is 11.9. The molecule has 2 amide bonds.